The summed E-state index contributed by atoms with van der Waals surface area (Å²) in [6.45, 7) is 9.10. The SMILES string of the molecule is Cc1ccc(C(C)NC(=O)C(C(=O)O)C(C)(C)C)cc1. The van der Waals surface area contributed by atoms with Crippen LogP contribution >= 0.6 is 0 Å². The molecule has 0 aliphatic rings. The number of carboxylic acid groups (broad SMARTS) is 1. The van der Waals surface area contributed by atoms with E-state index >= 15 is 0 Å². The fourth-order valence-electron chi connectivity index (χ4n) is 2.11. The molecule has 2 unspecified atom stereocenters. The Morgan fingerprint density at radius 1 is 1.15 bits per heavy atom. The fraction of sp³-hybridized carbons (Fsp3) is 0.500. The number of rotatable bonds is 4. The molecule has 1 aromatic carbocycles. The van der Waals surface area contributed by atoms with Crippen LogP contribution in [-0.2, 0) is 9.59 Å². The number of hydrogen-bond donors (Lipinski definition) is 2. The van der Waals surface area contributed by atoms with E-state index in [9.17, 15) is 14.7 Å². The van der Waals surface area contributed by atoms with Crippen molar-refractivity contribution in [3.8, 4) is 0 Å². The Bertz CT molecular complexity index is 485. The van der Waals surface area contributed by atoms with E-state index < -0.39 is 23.2 Å². The molecular weight excluding hydrogens is 254 g/mol. The van der Waals surface area contributed by atoms with E-state index in [4.69, 9.17) is 0 Å². The van der Waals surface area contributed by atoms with E-state index in [1.54, 1.807) is 20.8 Å². The zero-order valence-electron chi connectivity index (χ0n) is 12.7. The number of carbonyl (C=O) groups is 2. The number of carbonyl (C=O) groups excluding carboxylic acids is 1. The Kier molecular flexibility index (Phi) is 4.93. The van der Waals surface area contributed by atoms with Crippen molar-refractivity contribution in [3.63, 3.8) is 0 Å². The summed E-state index contributed by atoms with van der Waals surface area (Å²) in [6.07, 6.45) is 0. The molecule has 0 heterocycles. The second kappa shape index (κ2) is 6.07. The first kappa shape index (κ1) is 16.2. The van der Waals surface area contributed by atoms with E-state index in [0.29, 0.717) is 0 Å². The van der Waals surface area contributed by atoms with Gasteiger partial charge < -0.3 is 10.4 Å². The number of carboxylic acids is 1. The molecule has 0 saturated carbocycles. The summed E-state index contributed by atoms with van der Waals surface area (Å²) < 4.78 is 0. The fourth-order valence-corrected chi connectivity index (χ4v) is 2.11. The van der Waals surface area contributed by atoms with Crippen molar-refractivity contribution in [3.05, 3.63) is 35.4 Å². The normalized spacial score (nSPS) is 14.4. The van der Waals surface area contributed by atoms with Gasteiger partial charge in [0.25, 0.3) is 0 Å². The summed E-state index contributed by atoms with van der Waals surface area (Å²) in [5, 5.41) is 12.0. The molecule has 1 amide bonds. The van der Waals surface area contributed by atoms with Gasteiger partial charge in [-0.25, -0.2) is 0 Å². The smallest absolute Gasteiger partial charge is 0.316 e. The molecule has 0 fully saturated rings. The number of nitrogens with one attached hydrogen (secondary N) is 1. The van der Waals surface area contributed by atoms with Gasteiger partial charge in [0, 0.05) is 0 Å². The molecule has 2 N–H and O–H groups in total. The lowest BCUT2D eigenvalue weighted by Gasteiger charge is -2.27. The van der Waals surface area contributed by atoms with E-state index in [0.717, 1.165) is 11.1 Å². The van der Waals surface area contributed by atoms with Crippen molar-refractivity contribution in [1.29, 1.82) is 0 Å². The highest BCUT2D eigenvalue weighted by atomic mass is 16.4. The van der Waals surface area contributed by atoms with Crippen molar-refractivity contribution in [2.24, 2.45) is 11.3 Å². The van der Waals surface area contributed by atoms with Crippen molar-refractivity contribution >= 4 is 11.9 Å². The number of benzene rings is 1. The van der Waals surface area contributed by atoms with Gasteiger partial charge >= 0.3 is 5.97 Å². The van der Waals surface area contributed by atoms with Crippen LogP contribution in [0.15, 0.2) is 24.3 Å². The highest BCUT2D eigenvalue weighted by Crippen LogP contribution is 2.27. The molecule has 0 radical (unpaired) electrons. The minimum atomic E-state index is -1.09. The van der Waals surface area contributed by atoms with Crippen LogP contribution in [0.1, 0.15) is 44.9 Å². The van der Waals surface area contributed by atoms with Crippen molar-refractivity contribution < 1.29 is 14.7 Å². The minimum Gasteiger partial charge on any atom is -0.481 e. The van der Waals surface area contributed by atoms with Gasteiger partial charge in [-0.05, 0) is 24.8 Å². The summed E-state index contributed by atoms with van der Waals surface area (Å²) in [6, 6.07) is 7.60. The van der Waals surface area contributed by atoms with Crippen LogP contribution in [0.3, 0.4) is 0 Å². The van der Waals surface area contributed by atoms with Crippen molar-refractivity contribution in [2.45, 2.75) is 40.7 Å². The molecule has 0 aromatic heterocycles. The molecule has 0 aliphatic carbocycles. The van der Waals surface area contributed by atoms with Crippen LogP contribution in [-0.4, -0.2) is 17.0 Å². The second-order valence-corrected chi connectivity index (χ2v) is 6.28. The van der Waals surface area contributed by atoms with Crippen molar-refractivity contribution in [1.82, 2.24) is 5.32 Å². The van der Waals surface area contributed by atoms with Crippen LogP contribution in [0, 0.1) is 18.3 Å². The van der Waals surface area contributed by atoms with Crippen LogP contribution in [0.5, 0.6) is 0 Å². The zero-order chi connectivity index (χ0) is 15.5. The highest BCUT2D eigenvalue weighted by molar-refractivity contribution is 5.97. The standard InChI is InChI=1S/C16H23NO3/c1-10-6-8-12(9-7-10)11(2)17-14(18)13(15(19)20)16(3,4)5/h6-9,11,13H,1-5H3,(H,17,18)(H,19,20). The number of amides is 1. The predicted molar refractivity (Wildman–Crippen MR) is 78.3 cm³/mol. The first-order chi connectivity index (χ1) is 9.12. The molecular formula is C16H23NO3. The van der Waals surface area contributed by atoms with Gasteiger partial charge in [-0.2, -0.15) is 0 Å². The monoisotopic (exact) mass is 277 g/mol. The largest absolute Gasteiger partial charge is 0.481 e. The van der Waals surface area contributed by atoms with Gasteiger partial charge in [0.1, 0.15) is 5.92 Å². The van der Waals surface area contributed by atoms with E-state index in [1.807, 2.05) is 38.1 Å². The summed E-state index contributed by atoms with van der Waals surface area (Å²) >= 11 is 0. The maximum absolute atomic E-state index is 12.2. The molecule has 20 heavy (non-hydrogen) atoms. The van der Waals surface area contributed by atoms with Gasteiger partial charge in [0.15, 0.2) is 0 Å². The van der Waals surface area contributed by atoms with Gasteiger partial charge in [-0.3, -0.25) is 9.59 Å². The Hall–Kier alpha value is -1.84. The first-order valence-electron chi connectivity index (χ1n) is 6.72. The van der Waals surface area contributed by atoms with Gasteiger partial charge in [-0.15, -0.1) is 0 Å². The Balaban J connectivity index is 2.83. The van der Waals surface area contributed by atoms with E-state index in [2.05, 4.69) is 5.32 Å². The summed E-state index contributed by atoms with van der Waals surface area (Å²) in [5.41, 5.74) is 1.48. The molecule has 1 rings (SSSR count). The number of aliphatic carboxylic acids is 1. The van der Waals surface area contributed by atoms with Crippen LogP contribution in [0.4, 0.5) is 0 Å². The van der Waals surface area contributed by atoms with Gasteiger partial charge in [-0.1, -0.05) is 50.6 Å². The molecule has 0 aliphatic heterocycles. The molecule has 2 atom stereocenters. The third-order valence-electron chi connectivity index (χ3n) is 3.31. The second-order valence-electron chi connectivity index (χ2n) is 6.28. The highest BCUT2D eigenvalue weighted by Gasteiger charge is 2.38. The maximum atomic E-state index is 12.2. The quantitative estimate of drug-likeness (QED) is 0.832. The predicted octanol–water partition coefficient (Wildman–Crippen LogP) is 2.92. The summed E-state index contributed by atoms with van der Waals surface area (Å²) in [7, 11) is 0. The summed E-state index contributed by atoms with van der Waals surface area (Å²) in [5.74, 6) is -2.60. The lowest BCUT2D eigenvalue weighted by atomic mass is 9.80. The van der Waals surface area contributed by atoms with Gasteiger partial charge in [0.05, 0.1) is 6.04 Å². The van der Waals surface area contributed by atoms with Crippen LogP contribution in [0.25, 0.3) is 0 Å². The number of hydrogen-bond acceptors (Lipinski definition) is 2. The van der Waals surface area contributed by atoms with Crippen LogP contribution in [0.2, 0.25) is 0 Å². The third kappa shape index (κ3) is 4.08. The van der Waals surface area contributed by atoms with E-state index in [-0.39, 0.29) is 6.04 Å². The average Bonchev–Trinajstić information content (AvgIpc) is 2.26. The maximum Gasteiger partial charge on any atom is 0.316 e. The van der Waals surface area contributed by atoms with Crippen molar-refractivity contribution in [2.75, 3.05) is 0 Å². The topological polar surface area (TPSA) is 66.4 Å². The van der Waals surface area contributed by atoms with Crippen LogP contribution < -0.4 is 5.32 Å². The molecule has 0 bridgehead atoms. The molecule has 4 heteroatoms. The molecule has 4 nitrogen and oxygen atoms in total. The summed E-state index contributed by atoms with van der Waals surface area (Å²) in [4.78, 5) is 23.5. The third-order valence-corrected chi connectivity index (χ3v) is 3.31. The lowest BCUT2D eigenvalue weighted by Crippen LogP contribution is -2.43. The Morgan fingerprint density at radius 3 is 2.05 bits per heavy atom. The lowest BCUT2D eigenvalue weighted by molar-refractivity contribution is -0.151. The first-order valence-corrected chi connectivity index (χ1v) is 6.72. The molecule has 110 valence electrons. The zero-order valence-corrected chi connectivity index (χ0v) is 12.7. The average molecular weight is 277 g/mol. The Morgan fingerprint density at radius 2 is 1.65 bits per heavy atom. The molecule has 0 spiro atoms. The number of aryl methyl sites for hydroxylation is 1. The molecule has 1 aromatic rings. The van der Waals surface area contributed by atoms with Gasteiger partial charge in [0.2, 0.25) is 5.91 Å². The minimum absolute atomic E-state index is 0.215. The molecule has 0 saturated heterocycles. The van der Waals surface area contributed by atoms with E-state index in [1.165, 1.54) is 0 Å². The Labute approximate surface area is 120 Å².